The van der Waals surface area contributed by atoms with Crippen LogP contribution in [0.4, 0.5) is 0 Å². The van der Waals surface area contributed by atoms with Crippen molar-refractivity contribution < 1.29 is 117 Å². The molecule has 0 saturated carbocycles. The van der Waals surface area contributed by atoms with Crippen molar-refractivity contribution in [1.29, 1.82) is 0 Å². The molecule has 0 saturated heterocycles. The van der Waals surface area contributed by atoms with Gasteiger partial charge in [-0.1, -0.05) is 69.2 Å². The molecule has 0 aromatic rings. The zero-order valence-electron chi connectivity index (χ0n) is 19.1. The van der Waals surface area contributed by atoms with E-state index >= 15 is 0 Å². The summed E-state index contributed by atoms with van der Waals surface area (Å²) in [6.45, 7) is 16.7. The normalized spacial score (nSPS) is 8.22. The van der Waals surface area contributed by atoms with Crippen LogP contribution in [0.3, 0.4) is 0 Å². The SMILES string of the molecule is CC(C)[O-].CC(C)[O-].CC(C)[O-].CC(C)[O-].CC(C)[O-].COCCO.[Nd+3].[Sm]. The summed E-state index contributed by atoms with van der Waals surface area (Å²) >= 11 is 0. The smallest absolute Gasteiger partial charge is 0.852 e. The van der Waals surface area contributed by atoms with Crippen LogP contribution in [0.2, 0.25) is 0 Å². The van der Waals surface area contributed by atoms with Crippen LogP contribution in [0, 0.1) is 81.2 Å². The van der Waals surface area contributed by atoms with Gasteiger partial charge in [0.15, 0.2) is 0 Å². The molecule has 169 valence electrons. The molecule has 0 fully saturated rings. The van der Waals surface area contributed by atoms with Gasteiger partial charge in [-0.15, -0.1) is 30.5 Å². The van der Waals surface area contributed by atoms with Crippen LogP contribution in [0.15, 0.2) is 0 Å². The third-order valence-corrected chi connectivity index (χ3v) is 0.295. The maximum Gasteiger partial charge on any atom is 3.00 e. The minimum atomic E-state index is -0.417. The van der Waals surface area contributed by atoms with E-state index in [0.717, 1.165) is 0 Å². The van der Waals surface area contributed by atoms with Gasteiger partial charge in [0.2, 0.25) is 0 Å². The van der Waals surface area contributed by atoms with Crippen LogP contribution in [-0.2, 0) is 4.74 Å². The third kappa shape index (κ3) is 1020. The molecule has 0 aromatic carbocycles. The van der Waals surface area contributed by atoms with E-state index in [-0.39, 0.29) is 87.8 Å². The van der Waals surface area contributed by atoms with Crippen molar-refractivity contribution in [2.24, 2.45) is 0 Å². The Morgan fingerprint density at radius 3 is 0.704 bits per heavy atom. The summed E-state index contributed by atoms with van der Waals surface area (Å²) in [6, 6.07) is 0. The number of hydrogen-bond donors (Lipinski definition) is 1. The number of aliphatic hydroxyl groups excluding tert-OH is 1. The van der Waals surface area contributed by atoms with Gasteiger partial charge in [-0.3, -0.25) is 0 Å². The summed E-state index contributed by atoms with van der Waals surface area (Å²) in [5.41, 5.74) is 0. The molecule has 0 unspecified atom stereocenters. The van der Waals surface area contributed by atoms with E-state index in [2.05, 4.69) is 4.74 Å². The molecule has 0 aliphatic carbocycles. The van der Waals surface area contributed by atoms with E-state index < -0.39 is 30.5 Å². The van der Waals surface area contributed by atoms with Crippen molar-refractivity contribution in [3.63, 3.8) is 0 Å². The van der Waals surface area contributed by atoms with Gasteiger partial charge >= 0.3 is 40.8 Å². The minimum absolute atomic E-state index is 0. The summed E-state index contributed by atoms with van der Waals surface area (Å²) in [6.07, 6.45) is -2.08. The second kappa shape index (κ2) is 51.2. The molecule has 0 atom stereocenters. The Labute approximate surface area is 233 Å². The molecule has 0 bridgehead atoms. The Bertz CT molecular complexity index is 123. The molecular weight excluding hydrogens is 623 g/mol. The molecule has 27 heavy (non-hydrogen) atoms. The Morgan fingerprint density at radius 2 is 0.704 bits per heavy atom. The van der Waals surface area contributed by atoms with Crippen LogP contribution in [0.1, 0.15) is 69.2 Å². The van der Waals surface area contributed by atoms with Crippen molar-refractivity contribution in [3.05, 3.63) is 0 Å². The summed E-state index contributed by atoms with van der Waals surface area (Å²) in [5, 5.41) is 55.6. The fourth-order valence-corrected chi connectivity index (χ4v) is 0.0913. The van der Waals surface area contributed by atoms with Crippen molar-refractivity contribution in [2.45, 2.75) is 99.8 Å². The van der Waals surface area contributed by atoms with E-state index in [1.807, 2.05) is 0 Å². The molecule has 0 spiro atoms. The molecule has 1 radical (unpaired) electrons. The van der Waals surface area contributed by atoms with Crippen molar-refractivity contribution in [3.8, 4) is 0 Å². The predicted octanol–water partition coefficient (Wildman–Crippen LogP) is -1.60. The van der Waals surface area contributed by atoms with Gasteiger partial charge in [0, 0.05) is 47.5 Å². The first-order chi connectivity index (χ1) is 11.1. The quantitative estimate of drug-likeness (QED) is 0.374. The molecule has 0 aromatic heterocycles. The van der Waals surface area contributed by atoms with Crippen LogP contribution < -0.4 is 25.5 Å². The first-order valence-corrected chi connectivity index (χ1v) is 8.47. The van der Waals surface area contributed by atoms with E-state index in [0.29, 0.717) is 6.61 Å². The van der Waals surface area contributed by atoms with Crippen molar-refractivity contribution >= 4 is 0 Å². The number of hydrogen-bond acceptors (Lipinski definition) is 7. The van der Waals surface area contributed by atoms with Gasteiger partial charge in [0.05, 0.1) is 13.2 Å². The molecule has 7 nitrogen and oxygen atoms in total. The van der Waals surface area contributed by atoms with Gasteiger partial charge in [-0.25, -0.2) is 0 Å². The van der Waals surface area contributed by atoms with E-state index in [1.165, 1.54) is 0 Å². The molecule has 0 amide bonds. The number of methoxy groups -OCH3 is 1. The maximum absolute atomic E-state index is 9.53. The van der Waals surface area contributed by atoms with Gasteiger partial charge in [-0.05, 0) is 0 Å². The first kappa shape index (κ1) is 51.8. The van der Waals surface area contributed by atoms with Gasteiger partial charge < -0.3 is 35.4 Å². The molecule has 0 heterocycles. The van der Waals surface area contributed by atoms with E-state index in [9.17, 15) is 25.5 Å². The molecule has 0 rings (SSSR count). The van der Waals surface area contributed by atoms with E-state index in [1.54, 1.807) is 76.3 Å². The van der Waals surface area contributed by atoms with Gasteiger partial charge in [0.1, 0.15) is 0 Å². The predicted molar refractivity (Wildman–Crippen MR) is 94.6 cm³/mol. The number of rotatable bonds is 2. The average Bonchev–Trinajstić information content (AvgIpc) is 2.25. The summed E-state index contributed by atoms with van der Waals surface area (Å²) in [7, 11) is 1.55. The Morgan fingerprint density at radius 1 is 0.593 bits per heavy atom. The average molecular weight is 666 g/mol. The number of aliphatic hydroxyl groups is 1. The summed E-state index contributed by atoms with van der Waals surface area (Å²) in [4.78, 5) is 0. The fourth-order valence-electron chi connectivity index (χ4n) is 0.0913. The zero-order valence-corrected chi connectivity index (χ0v) is 24.9. The standard InChI is InChI=1S/C3H8O2.5C3H7O.Nd.Sm/c1-5-3-2-4;5*1-3(2)4;;/h4H,2-3H2,1H3;5*3H,1-2H3;;/q;5*-1;+3;. The van der Waals surface area contributed by atoms with Crippen molar-refractivity contribution in [1.82, 2.24) is 0 Å². The number of ether oxygens (including phenoxy) is 1. The fraction of sp³-hybridized carbons (Fsp3) is 1.00. The molecule has 1 N–H and O–H groups in total. The second-order valence-electron chi connectivity index (χ2n) is 5.96. The Kier molecular flexibility index (Phi) is 98.3. The Hall–Kier alpha value is 2.41. The van der Waals surface area contributed by atoms with Gasteiger partial charge in [-0.2, -0.15) is 0 Å². The zero-order chi connectivity index (χ0) is 22.0. The third-order valence-electron chi connectivity index (χ3n) is 0.295. The largest absolute Gasteiger partial charge is 3.00 e. The molecule has 9 heteroatoms. The maximum atomic E-state index is 9.53. The second-order valence-corrected chi connectivity index (χ2v) is 5.96. The van der Waals surface area contributed by atoms with Crippen LogP contribution in [0.5, 0.6) is 0 Å². The molecule has 0 aliphatic heterocycles. The van der Waals surface area contributed by atoms with Gasteiger partial charge in [0.25, 0.3) is 0 Å². The molecule has 0 aliphatic rings. The van der Waals surface area contributed by atoms with E-state index in [4.69, 9.17) is 5.11 Å². The van der Waals surface area contributed by atoms with Crippen LogP contribution in [0.25, 0.3) is 0 Å². The topological polar surface area (TPSA) is 145 Å². The first-order valence-electron chi connectivity index (χ1n) is 8.47. The summed E-state index contributed by atoms with van der Waals surface area (Å²) in [5.74, 6) is 0. The molecular formula is C18H43NdO7Sm-2. The van der Waals surface area contributed by atoms with Crippen molar-refractivity contribution in [2.75, 3.05) is 20.3 Å². The van der Waals surface area contributed by atoms with Crippen LogP contribution >= 0.6 is 0 Å². The minimum Gasteiger partial charge on any atom is -0.852 e. The Balaban J connectivity index is -0.0000000264. The van der Waals surface area contributed by atoms with Crippen LogP contribution in [-0.4, -0.2) is 55.9 Å². The monoisotopic (exact) mass is 665 g/mol. The summed E-state index contributed by atoms with van der Waals surface area (Å²) < 4.78 is 4.44.